The Labute approximate surface area is 182 Å². The second-order valence-corrected chi connectivity index (χ2v) is 10.5. The average Bonchev–Trinajstić information content (AvgIpc) is 3.12. The van der Waals surface area contributed by atoms with Crippen molar-refractivity contribution in [2.75, 3.05) is 0 Å². The summed E-state index contributed by atoms with van der Waals surface area (Å²) in [5.41, 5.74) is 5.33. The number of hydrogen-bond acceptors (Lipinski definition) is 1. The van der Waals surface area contributed by atoms with Gasteiger partial charge in [0.1, 0.15) is 0 Å². The number of nitrogens with one attached hydrogen (secondary N) is 1. The van der Waals surface area contributed by atoms with Gasteiger partial charge in [-0.3, -0.25) is 0 Å². The van der Waals surface area contributed by atoms with Gasteiger partial charge in [0.15, 0.2) is 0 Å². The van der Waals surface area contributed by atoms with Crippen LogP contribution in [0.3, 0.4) is 0 Å². The zero-order chi connectivity index (χ0) is 21.5. The summed E-state index contributed by atoms with van der Waals surface area (Å²) in [6.07, 6.45) is 11.7. The van der Waals surface area contributed by atoms with Crippen LogP contribution in [0.25, 0.3) is 10.9 Å². The van der Waals surface area contributed by atoms with E-state index in [1.165, 1.54) is 27.6 Å². The van der Waals surface area contributed by atoms with E-state index in [-0.39, 0.29) is 16.9 Å². The molecule has 2 N–H and O–H groups in total. The van der Waals surface area contributed by atoms with Gasteiger partial charge < -0.3 is 10.1 Å². The number of aliphatic hydroxyl groups is 1. The van der Waals surface area contributed by atoms with Gasteiger partial charge in [0, 0.05) is 22.5 Å². The van der Waals surface area contributed by atoms with Gasteiger partial charge in [0.05, 0.1) is 6.10 Å². The maximum absolute atomic E-state index is 11.7. The molecule has 2 aliphatic rings. The minimum Gasteiger partial charge on any atom is -0.393 e. The van der Waals surface area contributed by atoms with Crippen LogP contribution >= 0.6 is 0 Å². The Bertz CT molecular complexity index is 948. The highest BCUT2D eigenvalue weighted by Gasteiger charge is 2.62. The molecule has 2 nitrogen and oxygen atoms in total. The van der Waals surface area contributed by atoms with E-state index in [1.54, 1.807) is 0 Å². The third kappa shape index (κ3) is 3.28. The molecule has 2 fully saturated rings. The third-order valence-corrected chi connectivity index (χ3v) is 8.91. The Morgan fingerprint density at radius 2 is 2.03 bits per heavy atom. The molecule has 0 bridgehead atoms. The number of hydrogen-bond donors (Lipinski definition) is 2. The van der Waals surface area contributed by atoms with Crippen molar-refractivity contribution < 1.29 is 5.11 Å². The van der Waals surface area contributed by atoms with Gasteiger partial charge in [0.2, 0.25) is 0 Å². The zero-order valence-electron chi connectivity index (χ0n) is 19.3. The van der Waals surface area contributed by atoms with Crippen LogP contribution < -0.4 is 0 Å². The van der Waals surface area contributed by atoms with Crippen molar-refractivity contribution >= 4 is 10.9 Å². The summed E-state index contributed by atoms with van der Waals surface area (Å²) in [7, 11) is 0. The topological polar surface area (TPSA) is 36.0 Å². The highest BCUT2D eigenvalue weighted by Crippen LogP contribution is 2.66. The first-order chi connectivity index (χ1) is 14.3. The molecular weight excluding hydrogens is 366 g/mol. The predicted molar refractivity (Wildman–Crippen MR) is 127 cm³/mol. The fourth-order valence-corrected chi connectivity index (χ4v) is 6.96. The van der Waals surface area contributed by atoms with E-state index >= 15 is 0 Å². The standard InChI is InChI=1S/C28H39NO/c1-19(2)9-8-15-28-24(17-22-18-29-25-11-7-6-10-23(22)25)20(3)14-16-27(28,5)21(4)12-13-26(28)30/h6-7,9-11,18,21,24,26,29-30H,3,8,12-17H2,1-2,4-5H3/t21-,24-,26+,27+,28-/m1/s1. The number of benzene rings is 1. The second-order valence-electron chi connectivity index (χ2n) is 10.5. The quantitative estimate of drug-likeness (QED) is 0.507. The smallest absolute Gasteiger partial charge is 0.0607 e. The van der Waals surface area contributed by atoms with Crippen molar-refractivity contribution in [1.82, 2.24) is 4.98 Å². The molecule has 2 aromatic rings. The van der Waals surface area contributed by atoms with Crippen molar-refractivity contribution in [2.45, 2.75) is 78.7 Å². The van der Waals surface area contributed by atoms with E-state index in [2.05, 4.69) is 75.8 Å². The Morgan fingerprint density at radius 1 is 1.27 bits per heavy atom. The van der Waals surface area contributed by atoms with Gasteiger partial charge in [-0.05, 0) is 87.7 Å². The van der Waals surface area contributed by atoms with Crippen LogP contribution in [0.4, 0.5) is 0 Å². The Kier molecular flexibility index (Phi) is 5.74. The molecule has 0 aliphatic heterocycles. The van der Waals surface area contributed by atoms with E-state index in [0.717, 1.165) is 44.9 Å². The van der Waals surface area contributed by atoms with Crippen molar-refractivity contribution in [1.29, 1.82) is 0 Å². The molecule has 0 saturated heterocycles. The fraction of sp³-hybridized carbons (Fsp3) is 0.571. The predicted octanol–water partition coefficient (Wildman–Crippen LogP) is 7.21. The summed E-state index contributed by atoms with van der Waals surface area (Å²) in [5, 5.41) is 13.0. The van der Waals surface area contributed by atoms with Crippen molar-refractivity contribution in [2.24, 2.45) is 22.7 Å². The van der Waals surface area contributed by atoms with Crippen LogP contribution in [0.1, 0.15) is 71.8 Å². The number of fused-ring (bicyclic) bond motifs is 2. The average molecular weight is 406 g/mol. The van der Waals surface area contributed by atoms with Crippen molar-refractivity contribution in [3.63, 3.8) is 0 Å². The lowest BCUT2D eigenvalue weighted by molar-refractivity contribution is -0.179. The molecule has 0 spiro atoms. The molecule has 0 radical (unpaired) electrons. The number of rotatable bonds is 5. The molecule has 2 saturated carbocycles. The number of aliphatic hydroxyl groups excluding tert-OH is 1. The van der Waals surface area contributed by atoms with Gasteiger partial charge >= 0.3 is 0 Å². The van der Waals surface area contributed by atoms with E-state index in [0.29, 0.717) is 11.8 Å². The minimum atomic E-state index is -0.253. The summed E-state index contributed by atoms with van der Waals surface area (Å²) < 4.78 is 0. The molecule has 4 rings (SSSR count). The van der Waals surface area contributed by atoms with Gasteiger partial charge in [-0.25, -0.2) is 0 Å². The molecule has 1 heterocycles. The molecular formula is C28H39NO. The summed E-state index contributed by atoms with van der Waals surface area (Å²) in [5.74, 6) is 0.949. The Morgan fingerprint density at radius 3 is 2.80 bits per heavy atom. The summed E-state index contributed by atoms with van der Waals surface area (Å²) in [6.45, 7) is 13.9. The first-order valence-corrected chi connectivity index (χ1v) is 11.8. The lowest BCUT2D eigenvalue weighted by Gasteiger charge is -2.64. The largest absolute Gasteiger partial charge is 0.393 e. The lowest BCUT2D eigenvalue weighted by atomic mass is 9.40. The SMILES string of the molecule is C=C1CC[C@@]2(C)[C@H](C)CC[C@H](O)[C@@]2(CCC=C(C)C)[C@@H]1Cc1c[nH]c2ccccc12. The number of H-pyrrole nitrogens is 1. The number of aromatic amines is 1. The Balaban J connectivity index is 1.80. The molecule has 30 heavy (non-hydrogen) atoms. The van der Waals surface area contributed by atoms with Crippen molar-refractivity contribution in [3.8, 4) is 0 Å². The minimum absolute atomic E-state index is 0.107. The van der Waals surface area contributed by atoms with Crippen LogP contribution in [0.5, 0.6) is 0 Å². The molecule has 162 valence electrons. The molecule has 2 heteroatoms. The molecule has 0 amide bonds. The molecule has 2 aliphatic carbocycles. The fourth-order valence-electron chi connectivity index (χ4n) is 6.96. The van der Waals surface area contributed by atoms with Gasteiger partial charge in [-0.2, -0.15) is 0 Å². The molecule has 1 aromatic heterocycles. The Hall–Kier alpha value is -1.80. The lowest BCUT2D eigenvalue weighted by Crippen LogP contribution is -2.61. The third-order valence-electron chi connectivity index (χ3n) is 8.91. The van der Waals surface area contributed by atoms with E-state index < -0.39 is 0 Å². The highest BCUT2D eigenvalue weighted by atomic mass is 16.3. The van der Waals surface area contributed by atoms with Crippen molar-refractivity contribution in [3.05, 3.63) is 59.8 Å². The van der Waals surface area contributed by atoms with Crippen LogP contribution in [0.2, 0.25) is 0 Å². The van der Waals surface area contributed by atoms with Crippen LogP contribution in [-0.2, 0) is 6.42 Å². The number of allylic oxidation sites excluding steroid dienone is 3. The van der Waals surface area contributed by atoms with E-state index in [1.807, 2.05) is 0 Å². The molecule has 0 unspecified atom stereocenters. The summed E-state index contributed by atoms with van der Waals surface area (Å²) >= 11 is 0. The number of para-hydroxylation sites is 1. The summed E-state index contributed by atoms with van der Waals surface area (Å²) in [6, 6.07) is 8.59. The van der Waals surface area contributed by atoms with Gasteiger partial charge in [-0.15, -0.1) is 0 Å². The van der Waals surface area contributed by atoms with Gasteiger partial charge in [-0.1, -0.05) is 55.8 Å². The monoisotopic (exact) mass is 405 g/mol. The number of aromatic nitrogens is 1. The van der Waals surface area contributed by atoms with E-state index in [9.17, 15) is 5.11 Å². The maximum Gasteiger partial charge on any atom is 0.0607 e. The highest BCUT2D eigenvalue weighted by molar-refractivity contribution is 5.83. The summed E-state index contributed by atoms with van der Waals surface area (Å²) in [4.78, 5) is 3.46. The maximum atomic E-state index is 11.7. The van der Waals surface area contributed by atoms with Gasteiger partial charge in [0.25, 0.3) is 0 Å². The van der Waals surface area contributed by atoms with E-state index in [4.69, 9.17) is 0 Å². The van der Waals surface area contributed by atoms with Crippen LogP contribution in [0.15, 0.2) is 54.3 Å². The zero-order valence-corrected chi connectivity index (χ0v) is 19.3. The normalized spacial score (nSPS) is 34.0. The second kappa shape index (κ2) is 8.04. The first kappa shape index (κ1) is 21.4. The van der Waals surface area contributed by atoms with Crippen LogP contribution in [-0.4, -0.2) is 16.2 Å². The van der Waals surface area contributed by atoms with Crippen LogP contribution in [0, 0.1) is 22.7 Å². The molecule has 1 aromatic carbocycles. The molecule has 5 atom stereocenters. The first-order valence-electron chi connectivity index (χ1n) is 11.8.